The second-order valence-electron chi connectivity index (χ2n) is 31.0. The van der Waals surface area contributed by atoms with Crippen LogP contribution in [0.3, 0.4) is 0 Å². The molecule has 4 aromatic heterocycles. The molecule has 0 radical (unpaired) electrons. The minimum atomic E-state index is -4.45. The fraction of sp³-hybridized carbons (Fsp3) is 0.319. The smallest absolute Gasteiger partial charge is 0.416 e. The van der Waals surface area contributed by atoms with E-state index in [0.717, 1.165) is 146 Å². The van der Waals surface area contributed by atoms with Crippen molar-refractivity contribution in [2.45, 2.75) is 193 Å². The number of aromatic nitrogens is 4. The average Bonchev–Trinajstić information content (AvgIpc) is 1.60. The highest BCUT2D eigenvalue weighted by atomic mass is 35.5. The molecule has 5 atom stereocenters. The Morgan fingerprint density at radius 3 is 1.48 bits per heavy atom. The molecule has 0 bridgehead atoms. The number of Topliss-reactive ketones (excluding diaryl/α,β-unsaturated/α-hetero) is 2. The molecule has 0 unspecified atom stereocenters. The van der Waals surface area contributed by atoms with Gasteiger partial charge in [0.2, 0.25) is 0 Å². The molecule has 4 aliphatic carbocycles. The number of alkyl halides is 3. The van der Waals surface area contributed by atoms with E-state index in [2.05, 4.69) is 9.45 Å². The summed E-state index contributed by atoms with van der Waals surface area (Å²) in [6, 6.07) is 38.4. The van der Waals surface area contributed by atoms with Crippen LogP contribution in [0.5, 0.6) is 0 Å². The van der Waals surface area contributed by atoms with Crippen LogP contribution < -0.4 is 0 Å². The number of benzene rings is 8. The van der Waals surface area contributed by atoms with E-state index in [1.54, 1.807) is 36.4 Å². The Kier molecular flexibility index (Phi) is 25.8. The number of aliphatic carboxylic acids is 4. The van der Waals surface area contributed by atoms with Gasteiger partial charge in [0.25, 0.3) is 0 Å². The molecule has 0 saturated heterocycles. The zero-order chi connectivity index (χ0) is 84.7. The Balaban J connectivity index is 0.000000131. The monoisotopic (exact) mass is 1720 g/mol. The number of ketones is 2. The quantitative estimate of drug-likeness (QED) is 0.0163. The second-order valence-corrected chi connectivity index (χ2v) is 34.1. The summed E-state index contributed by atoms with van der Waals surface area (Å²) >= 11 is 20.3. The number of rotatable bonds is 22. The minimum absolute atomic E-state index is 0.00237. The van der Waals surface area contributed by atoms with Crippen LogP contribution in [0, 0.1) is 23.3 Å². The van der Waals surface area contributed by atoms with Gasteiger partial charge in [-0.25, -0.2) is 22.4 Å². The van der Waals surface area contributed by atoms with E-state index < -0.39 is 59.1 Å². The fourth-order valence-electron chi connectivity index (χ4n) is 18.1. The number of fused-ring (bicyclic) bond motifs is 12. The first-order valence-corrected chi connectivity index (χ1v) is 41.8. The third-order valence-electron chi connectivity index (χ3n) is 23.1. The molecule has 1 saturated carbocycles. The van der Waals surface area contributed by atoms with Crippen LogP contribution in [0.25, 0.3) is 43.6 Å². The highest BCUT2D eigenvalue weighted by Crippen LogP contribution is 2.53. The van der Waals surface area contributed by atoms with E-state index >= 15 is 0 Å². The molecule has 16 nitrogen and oxygen atoms in total. The van der Waals surface area contributed by atoms with Crippen molar-refractivity contribution in [3.8, 4) is 0 Å². The maximum atomic E-state index is 14.6. The number of carboxylic acid groups (broad SMARTS) is 4. The van der Waals surface area contributed by atoms with Crippen molar-refractivity contribution in [3.05, 3.63) is 262 Å². The molecule has 0 spiro atoms. The van der Waals surface area contributed by atoms with E-state index in [1.165, 1.54) is 81.3 Å². The molecule has 1 aliphatic heterocycles. The molecule has 12 aromatic rings. The van der Waals surface area contributed by atoms with Crippen molar-refractivity contribution >= 4 is 138 Å². The number of aryl methyl sites for hydroxylation is 4. The molecule has 620 valence electrons. The summed E-state index contributed by atoms with van der Waals surface area (Å²) < 4.78 is 110. The van der Waals surface area contributed by atoms with Crippen molar-refractivity contribution in [1.82, 2.24) is 18.3 Å². The maximum Gasteiger partial charge on any atom is 0.416 e. The standard InChI is InChI=1S/C24H23F4NO4S.C23H21ClFNO2.C22H19ClFNO3S.C22H19ClFNO3/c1-13(14-6-8-16(9-7-14)24(26,27)28)29-22-15(10-21(30)31)4-3-5-18(22)19-11-17(25)12-20(23(19)29)34-33-32-2;24-16-6-1-13(2-7-16)12-26-22-15(9-21(27)28)5-8-18(22)20-11-17(25)10-19(23(20)26)14-3-4-14;1-12(26)17-10-15(24)11-18-20(17)22(29-16-6-4-14(23)5-7-16)21-13(9-19(27)28)3-2-8-25(18)21;1-12(26)18-9-16(24)10-19-17-7-4-14(8-20(27)28)21(17)25(22(18)19)11-13-2-5-15(23)6-3-13/h6-9,11-13,15H,3-5,10H2,1-2H3,(H,30,31);1-2,6-7,10-11,14-15H,3-5,8-9,12H2,(H,27,28);4-7,10-11,13H,2-3,8-9H2,1H3,(H,27,28);2-3,5-6,9-10,14H,4,7-8,11H2,1H3,(H,27,28)/t13-,15+;15-;13-;14-/m0101/s1. The van der Waals surface area contributed by atoms with E-state index in [9.17, 15) is 79.9 Å². The van der Waals surface area contributed by atoms with Gasteiger partial charge in [-0.05, 0) is 245 Å². The summed E-state index contributed by atoms with van der Waals surface area (Å²) in [4.78, 5) is 77.4. The zero-order valence-electron chi connectivity index (χ0n) is 65.0. The van der Waals surface area contributed by atoms with Crippen LogP contribution in [0.15, 0.2) is 160 Å². The lowest BCUT2D eigenvalue weighted by atomic mass is 9.84. The van der Waals surface area contributed by atoms with Gasteiger partial charge in [-0.1, -0.05) is 83.0 Å². The lowest BCUT2D eigenvalue weighted by Crippen LogP contribution is -2.19. The molecule has 4 N–H and O–H groups in total. The first kappa shape index (κ1) is 85.6. The predicted molar refractivity (Wildman–Crippen MR) is 444 cm³/mol. The number of carbonyl (C=O) groups excluding carboxylic acids is 2. The van der Waals surface area contributed by atoms with Crippen molar-refractivity contribution in [2.24, 2.45) is 0 Å². The van der Waals surface area contributed by atoms with Crippen LogP contribution >= 0.6 is 58.6 Å². The molecule has 17 rings (SSSR count). The van der Waals surface area contributed by atoms with Crippen molar-refractivity contribution in [3.63, 3.8) is 0 Å². The van der Waals surface area contributed by atoms with E-state index in [0.29, 0.717) is 121 Å². The highest BCUT2D eigenvalue weighted by molar-refractivity contribution is 7.99. The summed E-state index contributed by atoms with van der Waals surface area (Å²) in [7, 11) is 1.32. The minimum Gasteiger partial charge on any atom is -0.481 e. The lowest BCUT2D eigenvalue weighted by Gasteiger charge is -2.28. The van der Waals surface area contributed by atoms with Gasteiger partial charge in [-0.3, -0.25) is 28.8 Å². The van der Waals surface area contributed by atoms with Crippen LogP contribution in [0.4, 0.5) is 30.7 Å². The Bertz CT molecular complexity index is 5960. The fourth-order valence-corrected chi connectivity index (χ4v) is 20.3. The Labute approximate surface area is 703 Å². The highest BCUT2D eigenvalue weighted by Gasteiger charge is 2.40. The van der Waals surface area contributed by atoms with Crippen molar-refractivity contribution in [2.75, 3.05) is 7.11 Å². The van der Waals surface area contributed by atoms with Gasteiger partial charge in [0.15, 0.2) is 11.6 Å². The summed E-state index contributed by atoms with van der Waals surface area (Å²) in [5.41, 5.74) is 13.3. The first-order valence-electron chi connectivity index (χ1n) is 39.1. The van der Waals surface area contributed by atoms with E-state index in [4.69, 9.17) is 39.1 Å². The molecule has 1 fully saturated rings. The van der Waals surface area contributed by atoms with Crippen LogP contribution in [-0.2, 0) is 73.5 Å². The third kappa shape index (κ3) is 18.4. The SMILES string of the molecule is CC(=O)c1cc(F)cc2c1c(Sc1ccc(Cl)cc1)c1n2CCC[C@H]1CC(=O)O.CC(=O)c1cc(F)cc2c3c(n(Cc4ccc(Cl)cc4)c12)[C@@H](CC(=O)O)CC3.COOSc1cc(F)cc2c3c(n([C@@H](C)c4ccc(C(F)(F)F)cc4)c12)[C@@H](CC(=O)O)CCC3.O=C(O)C[C@H]1CCc2c1n(Cc1ccc(Cl)cc1)c1c(C3CC3)cc(F)cc21. The number of nitrogens with zero attached hydrogens (tertiary/aromatic N) is 4. The summed E-state index contributed by atoms with van der Waals surface area (Å²) in [6.07, 6.45) is 4.38. The predicted octanol–water partition coefficient (Wildman–Crippen LogP) is 24.1. The summed E-state index contributed by atoms with van der Waals surface area (Å²) in [5.74, 6) is -5.74. The Hall–Kier alpha value is -9.86. The molecular weight excluding hydrogens is 1640 g/mol. The molecule has 8 aromatic carbocycles. The van der Waals surface area contributed by atoms with Gasteiger partial charge in [0.05, 0.1) is 83.4 Å². The van der Waals surface area contributed by atoms with Gasteiger partial charge in [-0.15, -0.1) is 0 Å². The molecule has 5 aliphatic rings. The van der Waals surface area contributed by atoms with E-state index in [1.807, 2.05) is 69.2 Å². The van der Waals surface area contributed by atoms with Crippen LogP contribution in [-0.4, -0.2) is 81.2 Å². The summed E-state index contributed by atoms with van der Waals surface area (Å²) in [6.45, 7) is 6.47. The first-order chi connectivity index (χ1) is 56.8. The molecule has 0 amide bonds. The Morgan fingerprint density at radius 2 is 0.966 bits per heavy atom. The van der Waals surface area contributed by atoms with Crippen LogP contribution in [0.2, 0.25) is 15.1 Å². The zero-order valence-corrected chi connectivity index (χ0v) is 68.9. The number of carboxylic acids is 4. The van der Waals surface area contributed by atoms with Gasteiger partial charge < -0.3 is 38.7 Å². The van der Waals surface area contributed by atoms with Gasteiger partial charge >= 0.3 is 30.1 Å². The Morgan fingerprint density at radius 1 is 0.513 bits per heavy atom. The number of hydrogen-bond acceptors (Lipinski definition) is 10. The normalized spacial score (nSPS) is 16.9. The third-order valence-corrected chi connectivity index (χ3v) is 25.7. The second kappa shape index (κ2) is 35.8. The maximum absolute atomic E-state index is 14.6. The molecule has 5 heterocycles. The van der Waals surface area contributed by atoms with Gasteiger partial charge in [0.1, 0.15) is 23.3 Å². The van der Waals surface area contributed by atoms with Crippen molar-refractivity contribution in [1.29, 1.82) is 0 Å². The largest absolute Gasteiger partial charge is 0.481 e. The van der Waals surface area contributed by atoms with Crippen LogP contribution in [0.1, 0.15) is 221 Å². The lowest BCUT2D eigenvalue weighted by molar-refractivity contribution is -0.160. The molecular formula is C91H82Cl3F7N4O12S2. The summed E-state index contributed by atoms with van der Waals surface area (Å²) in [5, 5.41) is 42.6. The number of carbonyl (C=O) groups is 6. The van der Waals surface area contributed by atoms with E-state index in [-0.39, 0.29) is 66.7 Å². The van der Waals surface area contributed by atoms with Gasteiger partial charge in [-0.2, -0.15) is 17.5 Å². The topological polar surface area (TPSA) is 222 Å². The van der Waals surface area contributed by atoms with Gasteiger partial charge in [0, 0.05) is 124 Å². The number of hydrogen-bond donors (Lipinski definition) is 4. The molecule has 28 heteroatoms. The number of halogens is 10. The van der Waals surface area contributed by atoms with Crippen molar-refractivity contribution < 1.29 is 89.1 Å². The average molecular weight is 1730 g/mol. The molecule has 119 heavy (non-hydrogen) atoms.